The van der Waals surface area contributed by atoms with Crippen LogP contribution in [0.25, 0.3) is 0 Å². The lowest BCUT2D eigenvalue weighted by molar-refractivity contribution is -0.208. The van der Waals surface area contributed by atoms with E-state index < -0.39 is 47.6 Å². The number of esters is 1. The number of benzene rings is 1. The number of aryl methyl sites for hydroxylation is 2. The van der Waals surface area contributed by atoms with Crippen LogP contribution in [0.4, 0.5) is 32.0 Å². The number of rotatable bonds is 2. The number of nitrogens with one attached hydrogen (secondary N) is 1. The number of anilines is 1. The zero-order valence-corrected chi connectivity index (χ0v) is 13.4. The predicted octanol–water partition coefficient (Wildman–Crippen LogP) is 4.01. The molecule has 0 spiro atoms. The van der Waals surface area contributed by atoms with E-state index in [1.54, 1.807) is 0 Å². The Morgan fingerprint density at radius 1 is 1.16 bits per heavy atom. The molecule has 0 amide bonds. The Balaban J connectivity index is 2.89. The van der Waals surface area contributed by atoms with Crippen molar-refractivity contribution < 1.29 is 35.9 Å². The van der Waals surface area contributed by atoms with Gasteiger partial charge in [0.05, 0.1) is 6.61 Å². The Morgan fingerprint density at radius 2 is 1.72 bits per heavy atom. The van der Waals surface area contributed by atoms with Gasteiger partial charge in [0.1, 0.15) is 0 Å². The van der Waals surface area contributed by atoms with Gasteiger partial charge in [0.15, 0.2) is 0 Å². The Bertz CT molecular complexity index is 739. The smallest absolute Gasteiger partial charge is 0.449 e. The van der Waals surface area contributed by atoms with Crippen molar-refractivity contribution >= 4 is 17.5 Å². The van der Waals surface area contributed by atoms with Crippen LogP contribution in [0.5, 0.6) is 0 Å². The summed E-state index contributed by atoms with van der Waals surface area (Å²) < 4.78 is 85.2. The molecule has 0 aromatic heterocycles. The van der Waals surface area contributed by atoms with Crippen LogP contribution < -0.4 is 5.32 Å². The van der Waals surface area contributed by atoms with Crippen LogP contribution >= 0.6 is 0 Å². The maximum atomic E-state index is 13.8. The topological polar surface area (TPSA) is 50.7 Å². The van der Waals surface area contributed by atoms with Crippen LogP contribution in [0, 0.1) is 13.8 Å². The van der Waals surface area contributed by atoms with Crippen LogP contribution in [0.1, 0.15) is 23.6 Å². The van der Waals surface area contributed by atoms with E-state index in [9.17, 15) is 31.1 Å². The molecule has 4 nitrogen and oxygen atoms in total. The molecule has 10 heteroatoms. The largest absolute Gasteiger partial charge is 0.464 e. The maximum absolute atomic E-state index is 13.8. The number of hydrogen-bond donors (Lipinski definition) is 1. The molecule has 0 bridgehead atoms. The summed E-state index contributed by atoms with van der Waals surface area (Å²) in [5.41, 5.74) is -4.18. The molecule has 1 atom stereocenters. The average molecular weight is 368 g/mol. The lowest BCUT2D eigenvalue weighted by Gasteiger charge is -2.36. The van der Waals surface area contributed by atoms with Gasteiger partial charge < -0.3 is 10.1 Å². The molecule has 1 heterocycles. The molecule has 2 rings (SSSR count). The number of aliphatic imine (C=N–C) groups is 1. The number of halogens is 6. The molecule has 1 aromatic carbocycles. The van der Waals surface area contributed by atoms with Crippen molar-refractivity contribution in [2.75, 3.05) is 11.9 Å². The second-order valence-electron chi connectivity index (χ2n) is 5.49. The molecule has 25 heavy (non-hydrogen) atoms. The number of carbonyl (C=O) groups is 1. The van der Waals surface area contributed by atoms with E-state index in [1.807, 2.05) is 5.32 Å². The Hall–Kier alpha value is -2.26. The minimum absolute atomic E-state index is 0.365. The average Bonchev–Trinajstić information content (AvgIpc) is 2.45. The van der Waals surface area contributed by atoms with Gasteiger partial charge in [0.25, 0.3) is 5.54 Å². The molecule has 0 unspecified atom stereocenters. The van der Waals surface area contributed by atoms with Gasteiger partial charge in [-0.25, -0.2) is 9.79 Å². The summed E-state index contributed by atoms with van der Waals surface area (Å²) in [6, 6.07) is 2.11. The number of alkyl halides is 6. The van der Waals surface area contributed by atoms with Gasteiger partial charge in [-0.1, -0.05) is 6.07 Å². The summed E-state index contributed by atoms with van der Waals surface area (Å²) in [7, 11) is 0. The zero-order valence-electron chi connectivity index (χ0n) is 13.4. The summed E-state index contributed by atoms with van der Waals surface area (Å²) in [6.07, 6.45) is -10.6. The Morgan fingerprint density at radius 3 is 2.20 bits per heavy atom. The van der Waals surface area contributed by atoms with Crippen LogP contribution in [-0.2, 0) is 15.1 Å². The number of fused-ring (bicyclic) bond motifs is 1. The van der Waals surface area contributed by atoms with Crippen molar-refractivity contribution in [2.24, 2.45) is 4.99 Å². The fourth-order valence-electron chi connectivity index (χ4n) is 2.46. The second kappa shape index (κ2) is 5.92. The maximum Gasteiger partial charge on any atom is 0.449 e. The summed E-state index contributed by atoms with van der Waals surface area (Å²) in [5.74, 6) is -3.82. The fraction of sp³-hybridized carbons (Fsp3) is 0.467. The first-order valence-corrected chi connectivity index (χ1v) is 7.14. The monoisotopic (exact) mass is 368 g/mol. The summed E-state index contributed by atoms with van der Waals surface area (Å²) in [5, 5.41) is 1.85. The van der Waals surface area contributed by atoms with Crippen molar-refractivity contribution in [3.63, 3.8) is 0 Å². The van der Waals surface area contributed by atoms with Crippen LogP contribution in [0.2, 0.25) is 0 Å². The van der Waals surface area contributed by atoms with Crippen LogP contribution in [0.15, 0.2) is 17.1 Å². The Labute approximate surface area is 138 Å². The molecule has 1 aliphatic heterocycles. The predicted molar refractivity (Wildman–Crippen MR) is 77.4 cm³/mol. The van der Waals surface area contributed by atoms with Gasteiger partial charge >= 0.3 is 18.3 Å². The standard InChI is InChI=1S/C15H14F6N2O2/c1-4-25-12(24)13(15(19,20)21)9-5-7(2)8(3)6-10(9)22-11(23-13)14(16,17)18/h5-6H,4H2,1-3H3,(H,22,23)/t13-/m0/s1. The zero-order chi connectivity index (χ0) is 19.2. The van der Waals surface area contributed by atoms with Gasteiger partial charge in [-0.2, -0.15) is 26.3 Å². The highest BCUT2D eigenvalue weighted by Gasteiger charge is 2.66. The molecular weight excluding hydrogens is 354 g/mol. The highest BCUT2D eigenvalue weighted by molar-refractivity contribution is 6.06. The summed E-state index contributed by atoms with van der Waals surface area (Å²) >= 11 is 0. The van der Waals surface area contributed by atoms with E-state index in [4.69, 9.17) is 0 Å². The van der Waals surface area contributed by atoms with Crippen LogP contribution in [-0.4, -0.2) is 30.8 Å². The van der Waals surface area contributed by atoms with Gasteiger partial charge in [-0.05, 0) is 38.0 Å². The number of amidine groups is 1. The van der Waals surface area contributed by atoms with Crippen molar-refractivity contribution in [2.45, 2.75) is 38.7 Å². The molecular formula is C15H14F6N2O2. The lowest BCUT2D eigenvalue weighted by Crippen LogP contribution is -2.53. The number of nitrogens with zero attached hydrogens (tertiary/aromatic N) is 1. The van der Waals surface area contributed by atoms with Crippen molar-refractivity contribution in [3.8, 4) is 0 Å². The fourth-order valence-corrected chi connectivity index (χ4v) is 2.46. The van der Waals surface area contributed by atoms with E-state index in [2.05, 4.69) is 9.73 Å². The molecule has 0 fully saturated rings. The van der Waals surface area contributed by atoms with E-state index in [-0.39, 0.29) is 0 Å². The third-order valence-corrected chi connectivity index (χ3v) is 3.81. The molecule has 1 aliphatic rings. The minimum atomic E-state index is -5.44. The first-order chi connectivity index (χ1) is 11.3. The van der Waals surface area contributed by atoms with Gasteiger partial charge in [0, 0.05) is 11.3 Å². The molecule has 0 radical (unpaired) electrons. The quantitative estimate of drug-likeness (QED) is 0.634. The highest BCUT2D eigenvalue weighted by Crippen LogP contribution is 2.49. The minimum Gasteiger partial charge on any atom is -0.464 e. The molecule has 0 aliphatic carbocycles. The van der Waals surface area contributed by atoms with E-state index in [0.717, 1.165) is 12.1 Å². The van der Waals surface area contributed by atoms with Gasteiger partial charge in [-0.15, -0.1) is 0 Å². The van der Waals surface area contributed by atoms with E-state index >= 15 is 0 Å². The van der Waals surface area contributed by atoms with Crippen molar-refractivity contribution in [1.82, 2.24) is 0 Å². The number of ether oxygens (including phenoxy) is 1. The normalized spacial score (nSPS) is 20.4. The second-order valence-corrected chi connectivity index (χ2v) is 5.49. The van der Waals surface area contributed by atoms with Gasteiger partial charge in [-0.3, -0.25) is 0 Å². The third-order valence-electron chi connectivity index (χ3n) is 3.81. The number of carbonyl (C=O) groups excluding carboxylic acids is 1. The molecule has 1 aromatic rings. The van der Waals surface area contributed by atoms with Crippen molar-refractivity contribution in [1.29, 1.82) is 0 Å². The van der Waals surface area contributed by atoms with Gasteiger partial charge in [0.2, 0.25) is 5.84 Å². The first kappa shape index (κ1) is 19.1. The third kappa shape index (κ3) is 3.05. The summed E-state index contributed by atoms with van der Waals surface area (Å²) in [4.78, 5) is 14.9. The molecule has 0 saturated heterocycles. The SMILES string of the molecule is CCOC(=O)[C@@]1(C(F)(F)F)N=C(C(F)(F)F)Nc2cc(C)c(C)cc21. The lowest BCUT2D eigenvalue weighted by atomic mass is 9.84. The molecule has 138 valence electrons. The molecule has 0 saturated carbocycles. The number of hydrogen-bond acceptors (Lipinski definition) is 4. The van der Waals surface area contributed by atoms with E-state index in [1.165, 1.54) is 20.8 Å². The highest BCUT2D eigenvalue weighted by atomic mass is 19.4. The van der Waals surface area contributed by atoms with E-state index in [0.29, 0.717) is 11.1 Å². The van der Waals surface area contributed by atoms with Crippen LogP contribution in [0.3, 0.4) is 0 Å². The summed E-state index contributed by atoms with van der Waals surface area (Å²) in [6.45, 7) is 3.81. The first-order valence-electron chi connectivity index (χ1n) is 7.14. The Kier molecular flexibility index (Phi) is 4.52. The molecule has 1 N–H and O–H groups in total. The van der Waals surface area contributed by atoms with Crippen molar-refractivity contribution in [3.05, 3.63) is 28.8 Å².